The second-order valence-electron chi connectivity index (χ2n) is 12.2. The van der Waals surface area contributed by atoms with Crippen LogP contribution >= 0.6 is 0 Å². The summed E-state index contributed by atoms with van der Waals surface area (Å²) in [5, 5.41) is 83.3. The van der Waals surface area contributed by atoms with Crippen LogP contribution in [0.5, 0.6) is 0 Å². The van der Waals surface area contributed by atoms with E-state index in [1.807, 2.05) is 20.8 Å². The Morgan fingerprint density at radius 1 is 0.561 bits per heavy atom. The average molecular weight is 597 g/mol. The van der Waals surface area contributed by atoms with Crippen LogP contribution in [0.1, 0.15) is 47.5 Å². The molecule has 3 heterocycles. The van der Waals surface area contributed by atoms with E-state index in [1.54, 1.807) is 6.92 Å². The van der Waals surface area contributed by atoms with E-state index in [0.717, 1.165) is 0 Å². The monoisotopic (exact) mass is 596 g/mol. The summed E-state index contributed by atoms with van der Waals surface area (Å²) >= 11 is 0. The highest BCUT2D eigenvalue weighted by Gasteiger charge is 2.53. The Bertz CT molecular complexity index is 834. The van der Waals surface area contributed by atoms with E-state index in [9.17, 15) is 40.9 Å². The lowest BCUT2D eigenvalue weighted by Gasteiger charge is -2.47. The molecule has 0 spiro atoms. The summed E-state index contributed by atoms with van der Waals surface area (Å²) < 4.78 is 35.4. The summed E-state index contributed by atoms with van der Waals surface area (Å²) in [5.41, 5.74) is 0. The van der Waals surface area contributed by atoms with Gasteiger partial charge in [-0.1, -0.05) is 34.6 Å². The first-order chi connectivity index (χ1) is 19.3. The van der Waals surface area contributed by atoms with Crippen molar-refractivity contribution in [1.29, 1.82) is 0 Å². The predicted molar refractivity (Wildman–Crippen MR) is 138 cm³/mol. The van der Waals surface area contributed by atoms with Gasteiger partial charge in [-0.3, -0.25) is 0 Å². The van der Waals surface area contributed by atoms with Gasteiger partial charge in [0.25, 0.3) is 0 Å². The zero-order valence-electron chi connectivity index (χ0n) is 24.1. The molecule has 19 atom stereocenters. The lowest BCUT2D eigenvalue weighted by atomic mass is 9.77. The molecule has 14 heteroatoms. The Morgan fingerprint density at radius 3 is 1.71 bits per heavy atom. The standard InChI is InChI=1S/C27H48O14/c1-6-13-18(32)16(30)11(4)25(36-13)38-21-10(3)7-9(2)15(29)23(21)40-27-20(34)22(14(8-28)37-27)39-26-12(5)17(31)19(33)24(35)41-26/h9-35H,6-8H2,1-5H3. The molecule has 1 saturated carbocycles. The molecule has 4 fully saturated rings. The molecule has 240 valence electrons. The molecule has 8 N–H and O–H groups in total. The third-order valence-corrected chi connectivity index (χ3v) is 9.19. The summed E-state index contributed by atoms with van der Waals surface area (Å²) in [7, 11) is 0. The van der Waals surface area contributed by atoms with Gasteiger partial charge in [-0.25, -0.2) is 0 Å². The highest BCUT2D eigenvalue weighted by molar-refractivity contribution is 4.96. The molecule has 0 aromatic carbocycles. The van der Waals surface area contributed by atoms with Gasteiger partial charge in [-0.2, -0.15) is 0 Å². The van der Waals surface area contributed by atoms with Gasteiger partial charge in [-0.05, 0) is 24.7 Å². The van der Waals surface area contributed by atoms with Crippen molar-refractivity contribution >= 4 is 0 Å². The molecule has 0 radical (unpaired) electrons. The van der Waals surface area contributed by atoms with Crippen LogP contribution in [0.4, 0.5) is 0 Å². The van der Waals surface area contributed by atoms with Crippen molar-refractivity contribution in [2.45, 2.75) is 140 Å². The number of ether oxygens (including phenoxy) is 6. The van der Waals surface area contributed by atoms with Gasteiger partial charge in [0.15, 0.2) is 25.2 Å². The first kappa shape index (κ1) is 33.3. The normalized spacial score (nSPS) is 54.8. The van der Waals surface area contributed by atoms with Crippen LogP contribution in [0.2, 0.25) is 0 Å². The van der Waals surface area contributed by atoms with E-state index in [1.165, 1.54) is 6.92 Å². The lowest BCUT2D eigenvalue weighted by Crippen LogP contribution is -2.59. The molecule has 3 saturated heterocycles. The molecular formula is C27H48O14. The van der Waals surface area contributed by atoms with Gasteiger partial charge in [0, 0.05) is 11.8 Å². The summed E-state index contributed by atoms with van der Waals surface area (Å²) in [4.78, 5) is 0. The maximum atomic E-state index is 11.2. The molecule has 4 aliphatic rings. The first-order valence-electron chi connectivity index (χ1n) is 14.6. The van der Waals surface area contributed by atoms with Gasteiger partial charge >= 0.3 is 0 Å². The van der Waals surface area contributed by atoms with Crippen molar-refractivity contribution in [2.75, 3.05) is 6.61 Å². The molecule has 4 rings (SSSR count). The van der Waals surface area contributed by atoms with Gasteiger partial charge < -0.3 is 69.3 Å². The summed E-state index contributed by atoms with van der Waals surface area (Å²) in [6.45, 7) is 8.29. The average Bonchev–Trinajstić information content (AvgIpc) is 3.24. The van der Waals surface area contributed by atoms with E-state index >= 15 is 0 Å². The molecular weight excluding hydrogens is 548 g/mol. The number of hydrogen-bond acceptors (Lipinski definition) is 14. The Morgan fingerprint density at radius 2 is 1.10 bits per heavy atom. The van der Waals surface area contributed by atoms with Crippen molar-refractivity contribution < 1.29 is 69.3 Å². The maximum absolute atomic E-state index is 11.2. The van der Waals surface area contributed by atoms with Crippen LogP contribution in [-0.2, 0) is 28.4 Å². The van der Waals surface area contributed by atoms with Crippen LogP contribution in [0, 0.1) is 23.7 Å². The molecule has 0 bridgehead atoms. The van der Waals surface area contributed by atoms with Crippen molar-refractivity contribution in [1.82, 2.24) is 0 Å². The van der Waals surface area contributed by atoms with Crippen molar-refractivity contribution in [2.24, 2.45) is 23.7 Å². The minimum Gasteiger partial charge on any atom is -0.394 e. The van der Waals surface area contributed by atoms with E-state index in [-0.39, 0.29) is 11.8 Å². The van der Waals surface area contributed by atoms with E-state index < -0.39 is 111 Å². The van der Waals surface area contributed by atoms with Crippen molar-refractivity contribution in [3.05, 3.63) is 0 Å². The van der Waals surface area contributed by atoms with E-state index in [4.69, 9.17) is 28.4 Å². The first-order valence-corrected chi connectivity index (χ1v) is 14.6. The number of rotatable bonds is 8. The molecule has 1 aliphatic carbocycles. The molecule has 0 aromatic rings. The van der Waals surface area contributed by atoms with Crippen LogP contribution in [-0.4, -0.2) is 140 Å². The van der Waals surface area contributed by atoms with Gasteiger partial charge in [-0.15, -0.1) is 0 Å². The molecule has 41 heavy (non-hydrogen) atoms. The smallest absolute Gasteiger partial charge is 0.187 e. The Labute approximate surface area is 239 Å². The highest BCUT2D eigenvalue weighted by atomic mass is 16.8. The maximum Gasteiger partial charge on any atom is 0.187 e. The molecule has 0 aromatic heterocycles. The SMILES string of the molecule is CCC1OC(OC2C(C)CC(C)C(O)C2OC2OC(CO)C(OC3OC(O)C(O)C(O)C3C)C2O)C(C)C(O)C1O. The second kappa shape index (κ2) is 13.6. The van der Waals surface area contributed by atoms with Crippen molar-refractivity contribution in [3.63, 3.8) is 0 Å². The van der Waals surface area contributed by atoms with Crippen molar-refractivity contribution in [3.8, 4) is 0 Å². The molecule has 14 nitrogen and oxygen atoms in total. The quantitative estimate of drug-likeness (QED) is 0.149. The topological polar surface area (TPSA) is 217 Å². The van der Waals surface area contributed by atoms with E-state index in [0.29, 0.717) is 12.8 Å². The summed E-state index contributed by atoms with van der Waals surface area (Å²) in [6, 6.07) is 0. The fourth-order valence-electron chi connectivity index (χ4n) is 6.37. The molecule has 0 amide bonds. The van der Waals surface area contributed by atoms with Gasteiger partial charge in [0.1, 0.15) is 36.6 Å². The van der Waals surface area contributed by atoms with Gasteiger partial charge in [0.2, 0.25) is 0 Å². The van der Waals surface area contributed by atoms with Crippen LogP contribution in [0.25, 0.3) is 0 Å². The Balaban J connectivity index is 1.49. The molecule has 3 aliphatic heterocycles. The van der Waals surface area contributed by atoms with Crippen LogP contribution < -0.4 is 0 Å². The zero-order chi connectivity index (χ0) is 30.3. The van der Waals surface area contributed by atoms with Gasteiger partial charge in [0.05, 0.1) is 37.1 Å². The summed E-state index contributed by atoms with van der Waals surface area (Å²) in [6.07, 6.45) is -16.4. The fourth-order valence-corrected chi connectivity index (χ4v) is 6.37. The number of hydrogen-bond donors (Lipinski definition) is 8. The van der Waals surface area contributed by atoms with Crippen LogP contribution in [0.3, 0.4) is 0 Å². The third kappa shape index (κ3) is 6.61. The third-order valence-electron chi connectivity index (χ3n) is 9.19. The molecule has 19 unspecified atom stereocenters. The highest BCUT2D eigenvalue weighted by Crippen LogP contribution is 2.39. The zero-order valence-corrected chi connectivity index (χ0v) is 24.1. The Kier molecular flexibility index (Phi) is 11.1. The van der Waals surface area contributed by atoms with Crippen LogP contribution in [0.15, 0.2) is 0 Å². The van der Waals surface area contributed by atoms with E-state index in [2.05, 4.69) is 0 Å². The lowest BCUT2D eigenvalue weighted by molar-refractivity contribution is -0.340. The largest absolute Gasteiger partial charge is 0.394 e. The Hall–Kier alpha value is -0.560. The number of aliphatic hydroxyl groups is 8. The second-order valence-corrected chi connectivity index (χ2v) is 12.2. The number of aliphatic hydroxyl groups excluding tert-OH is 8. The minimum absolute atomic E-state index is 0.136. The minimum atomic E-state index is -1.72. The summed E-state index contributed by atoms with van der Waals surface area (Å²) in [5.74, 6) is -1.70. The fraction of sp³-hybridized carbons (Fsp3) is 1.00. The predicted octanol–water partition coefficient (Wildman–Crippen LogP) is -2.22.